The number of sulfone groups is 1. The summed E-state index contributed by atoms with van der Waals surface area (Å²) >= 11 is 0. The fourth-order valence-corrected chi connectivity index (χ4v) is 4.25. The van der Waals surface area contributed by atoms with Crippen LogP contribution in [0.2, 0.25) is 0 Å². The number of rotatable bonds is 5. The van der Waals surface area contributed by atoms with Crippen LogP contribution >= 0.6 is 0 Å². The SMILES string of the molecule is CO[C@@H](C(=O)NC[C@@H]1CCS(=O)(=O)C1)c1ccccc1. The summed E-state index contributed by atoms with van der Waals surface area (Å²) in [6, 6.07) is 9.22. The zero-order chi connectivity index (χ0) is 14.6. The minimum atomic E-state index is -2.90. The fraction of sp³-hybridized carbons (Fsp3) is 0.500. The lowest BCUT2D eigenvalue weighted by Crippen LogP contribution is -2.34. The predicted molar refractivity (Wildman–Crippen MR) is 76.0 cm³/mol. The van der Waals surface area contributed by atoms with Crippen molar-refractivity contribution < 1.29 is 17.9 Å². The van der Waals surface area contributed by atoms with Crippen LogP contribution in [0.3, 0.4) is 0 Å². The molecule has 20 heavy (non-hydrogen) atoms. The maximum Gasteiger partial charge on any atom is 0.253 e. The first-order valence-corrected chi connectivity index (χ1v) is 8.40. The number of carbonyl (C=O) groups is 1. The first-order valence-electron chi connectivity index (χ1n) is 6.58. The van der Waals surface area contributed by atoms with Gasteiger partial charge in [0.1, 0.15) is 0 Å². The molecule has 1 aromatic rings. The number of nitrogens with one attached hydrogen (secondary N) is 1. The van der Waals surface area contributed by atoms with Crippen LogP contribution in [-0.4, -0.2) is 39.5 Å². The van der Waals surface area contributed by atoms with Gasteiger partial charge in [-0.1, -0.05) is 30.3 Å². The summed E-state index contributed by atoms with van der Waals surface area (Å²) in [5, 5.41) is 2.78. The van der Waals surface area contributed by atoms with E-state index in [1.807, 2.05) is 30.3 Å². The van der Waals surface area contributed by atoms with E-state index < -0.39 is 15.9 Å². The van der Waals surface area contributed by atoms with Crippen molar-refractivity contribution in [3.05, 3.63) is 35.9 Å². The number of amides is 1. The Kier molecular flexibility index (Phi) is 4.77. The third-order valence-corrected chi connectivity index (χ3v) is 5.30. The molecule has 5 nitrogen and oxygen atoms in total. The van der Waals surface area contributed by atoms with E-state index in [9.17, 15) is 13.2 Å². The number of ether oxygens (including phenoxy) is 1. The number of hydrogen-bond acceptors (Lipinski definition) is 4. The second-order valence-electron chi connectivity index (χ2n) is 5.04. The Morgan fingerprint density at radius 1 is 1.40 bits per heavy atom. The molecule has 0 aliphatic carbocycles. The van der Waals surface area contributed by atoms with E-state index in [0.29, 0.717) is 13.0 Å². The molecule has 6 heteroatoms. The van der Waals surface area contributed by atoms with E-state index in [1.165, 1.54) is 7.11 Å². The van der Waals surface area contributed by atoms with E-state index in [0.717, 1.165) is 5.56 Å². The van der Waals surface area contributed by atoms with Gasteiger partial charge in [0, 0.05) is 13.7 Å². The topological polar surface area (TPSA) is 72.5 Å². The summed E-state index contributed by atoms with van der Waals surface area (Å²) in [6.07, 6.45) is -0.0415. The Bertz CT molecular complexity index is 556. The fourth-order valence-electron chi connectivity index (χ4n) is 2.39. The van der Waals surface area contributed by atoms with Crippen LogP contribution in [0.4, 0.5) is 0 Å². The number of methoxy groups -OCH3 is 1. The van der Waals surface area contributed by atoms with Crippen molar-refractivity contribution in [1.82, 2.24) is 5.32 Å². The molecule has 1 amide bonds. The van der Waals surface area contributed by atoms with Gasteiger partial charge in [-0.2, -0.15) is 0 Å². The Balaban J connectivity index is 1.91. The standard InChI is InChI=1S/C14H19NO4S/c1-19-13(12-5-3-2-4-6-12)14(16)15-9-11-7-8-20(17,18)10-11/h2-6,11,13H,7-10H2,1H3,(H,15,16)/t11-,13+/m0/s1. The van der Waals surface area contributed by atoms with Crippen LogP contribution in [-0.2, 0) is 19.4 Å². The molecule has 1 fully saturated rings. The summed E-state index contributed by atoms with van der Waals surface area (Å²) in [7, 11) is -1.42. The largest absolute Gasteiger partial charge is 0.367 e. The Hall–Kier alpha value is -1.40. The van der Waals surface area contributed by atoms with E-state index in [-0.39, 0.29) is 23.3 Å². The summed E-state index contributed by atoms with van der Waals surface area (Å²) < 4.78 is 27.9. The Labute approximate surface area is 119 Å². The molecule has 1 N–H and O–H groups in total. The molecule has 0 aromatic heterocycles. The molecule has 0 bridgehead atoms. The van der Waals surface area contributed by atoms with Gasteiger partial charge in [-0.15, -0.1) is 0 Å². The highest BCUT2D eigenvalue weighted by molar-refractivity contribution is 7.91. The lowest BCUT2D eigenvalue weighted by atomic mass is 10.1. The highest BCUT2D eigenvalue weighted by Crippen LogP contribution is 2.19. The van der Waals surface area contributed by atoms with Crippen LogP contribution in [0.15, 0.2) is 30.3 Å². The van der Waals surface area contributed by atoms with Crippen LogP contribution in [0.5, 0.6) is 0 Å². The molecule has 2 atom stereocenters. The molecule has 0 saturated carbocycles. The molecule has 1 heterocycles. The smallest absolute Gasteiger partial charge is 0.253 e. The van der Waals surface area contributed by atoms with Gasteiger partial charge in [0.25, 0.3) is 5.91 Å². The van der Waals surface area contributed by atoms with Gasteiger partial charge in [0.2, 0.25) is 0 Å². The van der Waals surface area contributed by atoms with Crippen molar-refractivity contribution >= 4 is 15.7 Å². The number of carbonyl (C=O) groups excluding carboxylic acids is 1. The second kappa shape index (κ2) is 6.37. The van der Waals surface area contributed by atoms with Crippen molar-refractivity contribution in [2.75, 3.05) is 25.2 Å². The minimum Gasteiger partial charge on any atom is -0.367 e. The minimum absolute atomic E-state index is 0.0113. The van der Waals surface area contributed by atoms with E-state index in [1.54, 1.807) is 0 Å². The van der Waals surface area contributed by atoms with Gasteiger partial charge in [0.15, 0.2) is 15.9 Å². The highest BCUT2D eigenvalue weighted by atomic mass is 32.2. The third kappa shape index (κ3) is 3.80. The molecule has 2 rings (SSSR count). The molecule has 110 valence electrons. The van der Waals surface area contributed by atoms with Crippen LogP contribution < -0.4 is 5.32 Å². The van der Waals surface area contributed by atoms with Gasteiger partial charge in [-0.3, -0.25) is 4.79 Å². The molecule has 1 aromatic carbocycles. The molecule has 0 unspecified atom stereocenters. The lowest BCUT2D eigenvalue weighted by Gasteiger charge is -2.17. The maximum atomic E-state index is 12.1. The average Bonchev–Trinajstić information content (AvgIpc) is 2.78. The van der Waals surface area contributed by atoms with Crippen molar-refractivity contribution in [2.24, 2.45) is 5.92 Å². The molecular formula is C14H19NO4S. The van der Waals surface area contributed by atoms with E-state index >= 15 is 0 Å². The lowest BCUT2D eigenvalue weighted by molar-refractivity contribution is -0.131. The summed E-state index contributed by atoms with van der Waals surface area (Å²) in [4.78, 5) is 12.1. The molecule has 1 saturated heterocycles. The molecule has 1 aliphatic rings. The monoisotopic (exact) mass is 297 g/mol. The van der Waals surface area contributed by atoms with Gasteiger partial charge in [-0.05, 0) is 17.9 Å². The normalized spacial score (nSPS) is 22.4. The summed E-state index contributed by atoms with van der Waals surface area (Å²) in [5.74, 6) is 0.163. The number of hydrogen-bond donors (Lipinski definition) is 1. The highest BCUT2D eigenvalue weighted by Gasteiger charge is 2.29. The first kappa shape index (κ1) is 15.0. The molecule has 0 spiro atoms. The van der Waals surface area contributed by atoms with E-state index in [4.69, 9.17) is 4.74 Å². The number of benzene rings is 1. The van der Waals surface area contributed by atoms with Crippen LogP contribution in [0.1, 0.15) is 18.1 Å². The zero-order valence-corrected chi connectivity index (χ0v) is 12.2. The van der Waals surface area contributed by atoms with Crippen LogP contribution in [0, 0.1) is 5.92 Å². The van der Waals surface area contributed by atoms with Crippen molar-refractivity contribution in [1.29, 1.82) is 0 Å². The first-order chi connectivity index (χ1) is 9.52. The van der Waals surface area contributed by atoms with Gasteiger partial charge in [-0.25, -0.2) is 8.42 Å². The second-order valence-corrected chi connectivity index (χ2v) is 7.27. The van der Waals surface area contributed by atoms with Crippen molar-refractivity contribution in [3.63, 3.8) is 0 Å². The van der Waals surface area contributed by atoms with E-state index in [2.05, 4.69) is 5.32 Å². The zero-order valence-electron chi connectivity index (χ0n) is 11.4. The van der Waals surface area contributed by atoms with Crippen LogP contribution in [0.25, 0.3) is 0 Å². The summed E-state index contributed by atoms with van der Waals surface area (Å²) in [5.41, 5.74) is 0.784. The molecule has 1 aliphatic heterocycles. The predicted octanol–water partition coefficient (Wildman–Crippen LogP) is 0.925. The van der Waals surface area contributed by atoms with Gasteiger partial charge < -0.3 is 10.1 Å². The maximum absolute atomic E-state index is 12.1. The Morgan fingerprint density at radius 3 is 2.65 bits per heavy atom. The molecule has 0 radical (unpaired) electrons. The van der Waals surface area contributed by atoms with Gasteiger partial charge >= 0.3 is 0 Å². The van der Waals surface area contributed by atoms with Gasteiger partial charge in [0.05, 0.1) is 11.5 Å². The quantitative estimate of drug-likeness (QED) is 0.877. The third-order valence-electron chi connectivity index (χ3n) is 3.47. The summed E-state index contributed by atoms with van der Waals surface area (Å²) in [6.45, 7) is 0.380. The van der Waals surface area contributed by atoms with Crippen molar-refractivity contribution in [3.8, 4) is 0 Å². The Morgan fingerprint density at radius 2 is 2.10 bits per heavy atom. The van der Waals surface area contributed by atoms with Crippen molar-refractivity contribution in [2.45, 2.75) is 12.5 Å². The average molecular weight is 297 g/mol. The molecular weight excluding hydrogens is 278 g/mol.